The summed E-state index contributed by atoms with van der Waals surface area (Å²) in [5, 5.41) is 0. The van der Waals surface area contributed by atoms with E-state index in [0.717, 1.165) is 12.8 Å². The first-order valence-electron chi connectivity index (χ1n) is 6.58. The highest BCUT2D eigenvalue weighted by Crippen LogP contribution is 2.34. The zero-order valence-electron chi connectivity index (χ0n) is 11.1. The quantitative estimate of drug-likeness (QED) is 0.739. The molecule has 0 aromatic heterocycles. The Hall–Kier alpha value is -0.610. The van der Waals surface area contributed by atoms with Crippen molar-refractivity contribution in [2.45, 2.75) is 70.2 Å². The minimum Gasteiger partial charge on any atom is -0.459 e. The average Bonchev–Trinajstić information content (AvgIpc) is 2.42. The SMILES string of the molecule is CC(C)(C)OC(=O)CN1C2CCC1CC(N)C2. The van der Waals surface area contributed by atoms with Gasteiger partial charge in [0.1, 0.15) is 5.60 Å². The van der Waals surface area contributed by atoms with E-state index in [0.29, 0.717) is 24.7 Å². The number of nitrogens with two attached hydrogens (primary N) is 1. The fourth-order valence-corrected chi connectivity index (χ4v) is 3.10. The number of nitrogens with zero attached hydrogens (tertiary/aromatic N) is 1. The number of hydrogen-bond donors (Lipinski definition) is 1. The number of fused-ring (bicyclic) bond motifs is 2. The van der Waals surface area contributed by atoms with E-state index in [-0.39, 0.29) is 11.6 Å². The first kappa shape index (κ1) is 12.8. The number of hydrogen-bond acceptors (Lipinski definition) is 4. The lowest BCUT2D eigenvalue weighted by Crippen LogP contribution is -2.49. The normalized spacial score (nSPS) is 33.8. The Morgan fingerprint density at radius 3 is 2.29 bits per heavy atom. The third-order valence-electron chi connectivity index (χ3n) is 3.65. The van der Waals surface area contributed by atoms with Crippen LogP contribution in [-0.4, -0.2) is 41.1 Å². The van der Waals surface area contributed by atoms with Crippen molar-refractivity contribution in [2.75, 3.05) is 6.54 Å². The average molecular weight is 240 g/mol. The van der Waals surface area contributed by atoms with Gasteiger partial charge in [-0.25, -0.2) is 0 Å². The second kappa shape index (κ2) is 4.58. The molecule has 2 aliphatic heterocycles. The molecule has 2 rings (SSSR count). The van der Waals surface area contributed by atoms with Crippen molar-refractivity contribution in [3.05, 3.63) is 0 Å². The molecule has 0 amide bonds. The Kier molecular flexibility index (Phi) is 3.46. The van der Waals surface area contributed by atoms with Crippen LogP contribution in [0.5, 0.6) is 0 Å². The summed E-state index contributed by atoms with van der Waals surface area (Å²) in [6, 6.07) is 1.31. The Balaban J connectivity index is 1.90. The molecular formula is C13H24N2O2. The fourth-order valence-electron chi connectivity index (χ4n) is 3.10. The molecule has 0 aromatic carbocycles. The lowest BCUT2D eigenvalue weighted by atomic mass is 9.98. The van der Waals surface area contributed by atoms with E-state index in [1.807, 2.05) is 20.8 Å². The van der Waals surface area contributed by atoms with Gasteiger partial charge in [0.15, 0.2) is 0 Å². The maximum absolute atomic E-state index is 11.8. The molecule has 0 saturated carbocycles. The van der Waals surface area contributed by atoms with Crippen LogP contribution < -0.4 is 5.73 Å². The van der Waals surface area contributed by atoms with Gasteiger partial charge in [0, 0.05) is 18.1 Å². The molecule has 2 atom stereocenters. The number of carbonyl (C=O) groups is 1. The van der Waals surface area contributed by atoms with Gasteiger partial charge in [-0.3, -0.25) is 9.69 Å². The lowest BCUT2D eigenvalue weighted by molar-refractivity contribution is -0.157. The van der Waals surface area contributed by atoms with Gasteiger partial charge in [-0.1, -0.05) is 0 Å². The Morgan fingerprint density at radius 2 is 1.82 bits per heavy atom. The third kappa shape index (κ3) is 3.19. The highest BCUT2D eigenvalue weighted by molar-refractivity contribution is 5.72. The predicted molar refractivity (Wildman–Crippen MR) is 66.6 cm³/mol. The van der Waals surface area contributed by atoms with Gasteiger partial charge in [-0.05, 0) is 46.5 Å². The Morgan fingerprint density at radius 1 is 1.29 bits per heavy atom. The van der Waals surface area contributed by atoms with E-state index in [4.69, 9.17) is 10.5 Å². The minimum absolute atomic E-state index is 0.107. The highest BCUT2D eigenvalue weighted by Gasteiger charge is 2.40. The molecule has 0 aliphatic carbocycles. The monoisotopic (exact) mass is 240 g/mol. The van der Waals surface area contributed by atoms with Crippen LogP contribution >= 0.6 is 0 Å². The van der Waals surface area contributed by atoms with Crippen LogP contribution in [0.1, 0.15) is 46.5 Å². The van der Waals surface area contributed by atoms with Crippen LogP contribution in [0.25, 0.3) is 0 Å². The number of carbonyl (C=O) groups excluding carboxylic acids is 1. The van der Waals surface area contributed by atoms with Gasteiger partial charge in [-0.2, -0.15) is 0 Å². The summed E-state index contributed by atoms with van der Waals surface area (Å²) in [5.74, 6) is -0.107. The summed E-state index contributed by atoms with van der Waals surface area (Å²) in [6.07, 6.45) is 4.42. The molecular weight excluding hydrogens is 216 g/mol. The summed E-state index contributed by atoms with van der Waals surface area (Å²) >= 11 is 0. The number of esters is 1. The summed E-state index contributed by atoms with van der Waals surface area (Å²) in [7, 11) is 0. The smallest absolute Gasteiger partial charge is 0.320 e. The molecule has 2 N–H and O–H groups in total. The van der Waals surface area contributed by atoms with E-state index in [2.05, 4.69) is 4.90 Å². The largest absolute Gasteiger partial charge is 0.459 e. The van der Waals surface area contributed by atoms with Gasteiger partial charge in [0.05, 0.1) is 6.54 Å². The van der Waals surface area contributed by atoms with Crippen LogP contribution in [0.2, 0.25) is 0 Å². The fraction of sp³-hybridized carbons (Fsp3) is 0.923. The van der Waals surface area contributed by atoms with Gasteiger partial charge >= 0.3 is 5.97 Å². The van der Waals surface area contributed by atoms with Crippen LogP contribution in [0.15, 0.2) is 0 Å². The standard InChI is InChI=1S/C13H24N2O2/c1-13(2,3)17-12(16)8-15-10-4-5-11(15)7-9(14)6-10/h9-11H,4-8,14H2,1-3H3. The molecule has 2 heterocycles. The van der Waals surface area contributed by atoms with Gasteiger partial charge in [0.25, 0.3) is 0 Å². The molecule has 4 nitrogen and oxygen atoms in total. The van der Waals surface area contributed by atoms with E-state index in [1.54, 1.807) is 0 Å². The van der Waals surface area contributed by atoms with Crippen LogP contribution in [0, 0.1) is 0 Å². The van der Waals surface area contributed by atoms with Gasteiger partial charge < -0.3 is 10.5 Å². The zero-order chi connectivity index (χ0) is 12.6. The topological polar surface area (TPSA) is 55.6 Å². The zero-order valence-corrected chi connectivity index (χ0v) is 11.1. The van der Waals surface area contributed by atoms with E-state index in [9.17, 15) is 4.79 Å². The van der Waals surface area contributed by atoms with Crippen molar-refractivity contribution in [3.8, 4) is 0 Å². The van der Waals surface area contributed by atoms with Crippen LogP contribution in [0.3, 0.4) is 0 Å². The lowest BCUT2D eigenvalue weighted by Gasteiger charge is -2.37. The first-order chi connectivity index (χ1) is 7.85. The number of ether oxygens (including phenoxy) is 1. The highest BCUT2D eigenvalue weighted by atomic mass is 16.6. The number of piperidine rings is 1. The molecule has 2 aliphatic rings. The third-order valence-corrected chi connectivity index (χ3v) is 3.65. The summed E-state index contributed by atoms with van der Waals surface area (Å²) < 4.78 is 5.38. The van der Waals surface area contributed by atoms with Crippen molar-refractivity contribution < 1.29 is 9.53 Å². The molecule has 98 valence electrons. The maximum atomic E-state index is 11.8. The molecule has 2 unspecified atom stereocenters. The Labute approximate surface area is 103 Å². The molecule has 0 radical (unpaired) electrons. The first-order valence-corrected chi connectivity index (χ1v) is 6.58. The number of rotatable bonds is 2. The van der Waals surface area contributed by atoms with Crippen molar-refractivity contribution >= 4 is 5.97 Å². The minimum atomic E-state index is -0.387. The molecule has 2 fully saturated rings. The molecule has 2 bridgehead atoms. The maximum Gasteiger partial charge on any atom is 0.320 e. The van der Waals surface area contributed by atoms with E-state index < -0.39 is 0 Å². The summed E-state index contributed by atoms with van der Waals surface area (Å²) in [4.78, 5) is 14.1. The van der Waals surface area contributed by atoms with Crippen molar-refractivity contribution in [1.82, 2.24) is 4.90 Å². The molecule has 4 heteroatoms. The summed E-state index contributed by atoms with van der Waals surface area (Å²) in [6.45, 7) is 6.15. The van der Waals surface area contributed by atoms with Gasteiger partial charge in [0.2, 0.25) is 0 Å². The van der Waals surface area contributed by atoms with Crippen molar-refractivity contribution in [2.24, 2.45) is 5.73 Å². The Bertz CT molecular complexity index is 284. The van der Waals surface area contributed by atoms with E-state index in [1.165, 1.54) is 12.8 Å². The van der Waals surface area contributed by atoms with E-state index >= 15 is 0 Å². The van der Waals surface area contributed by atoms with Crippen LogP contribution in [-0.2, 0) is 9.53 Å². The second-order valence-corrected chi connectivity index (χ2v) is 6.38. The van der Waals surface area contributed by atoms with Crippen molar-refractivity contribution in [1.29, 1.82) is 0 Å². The molecule has 0 aromatic rings. The molecule has 0 spiro atoms. The summed E-state index contributed by atoms with van der Waals surface area (Å²) in [5.41, 5.74) is 5.62. The van der Waals surface area contributed by atoms with Crippen LogP contribution in [0.4, 0.5) is 0 Å². The van der Waals surface area contributed by atoms with Crippen molar-refractivity contribution in [3.63, 3.8) is 0 Å². The molecule has 17 heavy (non-hydrogen) atoms. The molecule has 2 saturated heterocycles. The second-order valence-electron chi connectivity index (χ2n) is 6.38. The predicted octanol–water partition coefficient (Wildman–Crippen LogP) is 1.28. The van der Waals surface area contributed by atoms with Gasteiger partial charge in [-0.15, -0.1) is 0 Å².